The lowest BCUT2D eigenvalue weighted by atomic mass is 9.86. The first-order valence-corrected chi connectivity index (χ1v) is 7.58. The molecule has 2 unspecified atom stereocenters. The van der Waals surface area contributed by atoms with Crippen LogP contribution in [-0.2, 0) is 6.54 Å². The highest BCUT2D eigenvalue weighted by molar-refractivity contribution is 5.43. The molecule has 0 saturated heterocycles. The van der Waals surface area contributed by atoms with Gasteiger partial charge in [-0.15, -0.1) is 0 Å². The van der Waals surface area contributed by atoms with Crippen LogP contribution >= 0.6 is 0 Å². The van der Waals surface area contributed by atoms with Gasteiger partial charge in [-0.25, -0.2) is 4.98 Å². The third-order valence-electron chi connectivity index (χ3n) is 4.19. The minimum Gasteiger partial charge on any atom is -0.370 e. The van der Waals surface area contributed by atoms with Gasteiger partial charge in [0.15, 0.2) is 0 Å². The first-order valence-electron chi connectivity index (χ1n) is 7.58. The van der Waals surface area contributed by atoms with Crippen molar-refractivity contribution in [3.63, 3.8) is 0 Å². The van der Waals surface area contributed by atoms with Crippen molar-refractivity contribution in [2.45, 2.75) is 52.1 Å². The third-order valence-corrected chi connectivity index (χ3v) is 4.19. The van der Waals surface area contributed by atoms with Crippen LogP contribution in [0.15, 0.2) is 18.3 Å². The summed E-state index contributed by atoms with van der Waals surface area (Å²) in [5.74, 6) is 1.92. The highest BCUT2D eigenvalue weighted by Crippen LogP contribution is 2.28. The predicted octanol–water partition coefficient (Wildman–Crippen LogP) is 3.52. The van der Waals surface area contributed by atoms with Crippen molar-refractivity contribution in [1.29, 1.82) is 0 Å². The Morgan fingerprint density at radius 1 is 1.42 bits per heavy atom. The van der Waals surface area contributed by atoms with Crippen molar-refractivity contribution in [3.05, 3.63) is 23.9 Å². The maximum absolute atomic E-state index is 4.44. The molecular weight excluding hydrogens is 234 g/mol. The van der Waals surface area contributed by atoms with Crippen molar-refractivity contribution < 1.29 is 0 Å². The Balaban J connectivity index is 1.99. The summed E-state index contributed by atoms with van der Waals surface area (Å²) in [6.45, 7) is 6.42. The number of nitrogens with zero attached hydrogens (tertiary/aromatic N) is 2. The molecule has 0 bridgehead atoms. The number of nitrogens with one attached hydrogen (secondary N) is 1. The Morgan fingerprint density at radius 2 is 2.26 bits per heavy atom. The van der Waals surface area contributed by atoms with Crippen LogP contribution in [0.25, 0.3) is 0 Å². The van der Waals surface area contributed by atoms with Gasteiger partial charge in [0.25, 0.3) is 0 Å². The zero-order chi connectivity index (χ0) is 13.7. The van der Waals surface area contributed by atoms with E-state index in [0.717, 1.165) is 30.9 Å². The highest BCUT2D eigenvalue weighted by Gasteiger charge is 2.22. The van der Waals surface area contributed by atoms with Crippen LogP contribution in [0.5, 0.6) is 0 Å². The second-order valence-electron chi connectivity index (χ2n) is 5.88. The van der Waals surface area contributed by atoms with Gasteiger partial charge in [0.2, 0.25) is 0 Å². The van der Waals surface area contributed by atoms with Gasteiger partial charge >= 0.3 is 0 Å². The SMILES string of the molecule is CCNc1ncccc1CN(C)C1CCCC(C)C1. The van der Waals surface area contributed by atoms with E-state index in [1.807, 2.05) is 12.3 Å². The van der Waals surface area contributed by atoms with E-state index in [4.69, 9.17) is 0 Å². The summed E-state index contributed by atoms with van der Waals surface area (Å²) in [5, 5.41) is 3.36. The van der Waals surface area contributed by atoms with Crippen LogP contribution in [0.4, 0.5) is 5.82 Å². The quantitative estimate of drug-likeness (QED) is 0.879. The van der Waals surface area contributed by atoms with Crippen molar-refractivity contribution >= 4 is 5.82 Å². The molecule has 0 radical (unpaired) electrons. The van der Waals surface area contributed by atoms with Crippen molar-refractivity contribution in [2.24, 2.45) is 5.92 Å². The maximum atomic E-state index is 4.44. The van der Waals surface area contributed by atoms with Gasteiger partial charge in [-0.05, 0) is 38.8 Å². The molecule has 1 saturated carbocycles. The summed E-state index contributed by atoms with van der Waals surface area (Å²) in [7, 11) is 2.26. The molecule has 0 aliphatic heterocycles. The summed E-state index contributed by atoms with van der Waals surface area (Å²) in [5.41, 5.74) is 1.31. The zero-order valence-corrected chi connectivity index (χ0v) is 12.5. The lowest BCUT2D eigenvalue weighted by Gasteiger charge is -2.34. The number of hydrogen-bond donors (Lipinski definition) is 1. The van der Waals surface area contributed by atoms with E-state index in [0.29, 0.717) is 0 Å². The molecule has 2 atom stereocenters. The smallest absolute Gasteiger partial charge is 0.130 e. The molecule has 1 fully saturated rings. The first kappa shape index (κ1) is 14.3. The number of hydrogen-bond acceptors (Lipinski definition) is 3. The second-order valence-corrected chi connectivity index (χ2v) is 5.88. The average molecular weight is 261 g/mol. The standard InChI is InChI=1S/C16H27N3/c1-4-17-16-14(8-6-10-18-16)12-19(3)15-9-5-7-13(2)11-15/h6,8,10,13,15H,4-5,7,9,11-12H2,1-3H3,(H,17,18). The Kier molecular flexibility index (Phi) is 5.20. The topological polar surface area (TPSA) is 28.2 Å². The van der Waals surface area contributed by atoms with Crippen LogP contribution in [0.3, 0.4) is 0 Å². The summed E-state index contributed by atoms with van der Waals surface area (Å²) < 4.78 is 0. The molecule has 1 aliphatic carbocycles. The maximum Gasteiger partial charge on any atom is 0.130 e. The van der Waals surface area contributed by atoms with Gasteiger partial charge in [-0.3, -0.25) is 4.90 Å². The summed E-state index contributed by atoms with van der Waals surface area (Å²) >= 11 is 0. The van der Waals surface area contributed by atoms with E-state index >= 15 is 0 Å². The van der Waals surface area contributed by atoms with E-state index in [2.05, 4.69) is 42.2 Å². The molecule has 1 N–H and O–H groups in total. The lowest BCUT2D eigenvalue weighted by Crippen LogP contribution is -2.35. The monoisotopic (exact) mass is 261 g/mol. The fourth-order valence-electron chi connectivity index (χ4n) is 3.09. The van der Waals surface area contributed by atoms with Crippen molar-refractivity contribution in [1.82, 2.24) is 9.88 Å². The molecule has 106 valence electrons. The largest absolute Gasteiger partial charge is 0.370 e. The fraction of sp³-hybridized carbons (Fsp3) is 0.688. The number of pyridine rings is 1. The van der Waals surface area contributed by atoms with Crippen LogP contribution in [0.2, 0.25) is 0 Å². The molecule has 0 aromatic carbocycles. The summed E-state index contributed by atoms with van der Waals surface area (Å²) in [6.07, 6.45) is 7.33. The highest BCUT2D eigenvalue weighted by atomic mass is 15.1. The van der Waals surface area contributed by atoms with Crippen LogP contribution in [0.1, 0.15) is 45.1 Å². The van der Waals surface area contributed by atoms with Gasteiger partial charge in [0, 0.05) is 30.9 Å². The summed E-state index contributed by atoms with van der Waals surface area (Å²) in [4.78, 5) is 6.95. The van der Waals surface area contributed by atoms with Gasteiger partial charge < -0.3 is 5.32 Å². The molecule has 1 aromatic heterocycles. The van der Waals surface area contributed by atoms with Crippen LogP contribution in [0, 0.1) is 5.92 Å². The van der Waals surface area contributed by atoms with E-state index in [-0.39, 0.29) is 0 Å². The van der Waals surface area contributed by atoms with E-state index in [1.165, 1.54) is 31.2 Å². The molecule has 3 heteroatoms. The minimum atomic E-state index is 0.735. The first-order chi connectivity index (χ1) is 9.20. The predicted molar refractivity (Wildman–Crippen MR) is 81.3 cm³/mol. The molecule has 19 heavy (non-hydrogen) atoms. The molecule has 3 nitrogen and oxygen atoms in total. The minimum absolute atomic E-state index is 0.735. The van der Waals surface area contributed by atoms with Gasteiger partial charge in [-0.1, -0.05) is 25.8 Å². The van der Waals surface area contributed by atoms with Gasteiger partial charge in [0.1, 0.15) is 5.82 Å². The Labute approximate surface area is 117 Å². The molecule has 0 amide bonds. The molecule has 1 aromatic rings. The molecular formula is C16H27N3. The molecule has 1 aliphatic rings. The van der Waals surface area contributed by atoms with Gasteiger partial charge in [0.05, 0.1) is 0 Å². The number of aromatic nitrogens is 1. The normalized spacial score (nSPS) is 23.6. The Hall–Kier alpha value is -1.09. The third kappa shape index (κ3) is 3.93. The number of rotatable bonds is 5. The Bertz CT molecular complexity index is 391. The van der Waals surface area contributed by atoms with E-state index < -0.39 is 0 Å². The second kappa shape index (κ2) is 6.90. The molecule has 1 heterocycles. The fourth-order valence-corrected chi connectivity index (χ4v) is 3.09. The van der Waals surface area contributed by atoms with Crippen molar-refractivity contribution in [3.8, 4) is 0 Å². The van der Waals surface area contributed by atoms with Crippen molar-refractivity contribution in [2.75, 3.05) is 18.9 Å². The molecule has 2 rings (SSSR count). The van der Waals surface area contributed by atoms with E-state index in [9.17, 15) is 0 Å². The summed E-state index contributed by atoms with van der Waals surface area (Å²) in [6, 6.07) is 4.96. The lowest BCUT2D eigenvalue weighted by molar-refractivity contribution is 0.158. The average Bonchev–Trinajstić information content (AvgIpc) is 2.41. The van der Waals surface area contributed by atoms with E-state index in [1.54, 1.807) is 0 Å². The zero-order valence-electron chi connectivity index (χ0n) is 12.5. The van der Waals surface area contributed by atoms with Crippen LogP contribution in [-0.4, -0.2) is 29.5 Å². The van der Waals surface area contributed by atoms with Gasteiger partial charge in [-0.2, -0.15) is 0 Å². The number of anilines is 1. The van der Waals surface area contributed by atoms with Crippen LogP contribution < -0.4 is 5.32 Å². The Morgan fingerprint density at radius 3 is 3.00 bits per heavy atom. The molecule has 0 spiro atoms.